The Balaban J connectivity index is 1.98. The Morgan fingerprint density at radius 2 is 1.36 bits per heavy atom. The second-order valence-corrected chi connectivity index (χ2v) is 6.59. The van der Waals surface area contributed by atoms with Crippen LogP contribution < -0.4 is 5.73 Å². The molecule has 0 amide bonds. The number of hydrogen-bond acceptors (Lipinski definition) is 2. The topological polar surface area (TPSA) is 79.1 Å². The third kappa shape index (κ3) is 3.21. The van der Waals surface area contributed by atoms with E-state index >= 15 is 0 Å². The van der Waals surface area contributed by atoms with Crippen LogP contribution in [-0.2, 0) is 4.79 Å². The molecule has 4 nitrogen and oxygen atoms in total. The van der Waals surface area contributed by atoms with E-state index in [2.05, 4.69) is 4.98 Å². The van der Waals surface area contributed by atoms with Crippen molar-refractivity contribution in [1.82, 2.24) is 4.98 Å². The Morgan fingerprint density at radius 1 is 0.821 bits per heavy atom. The molecule has 0 spiro atoms. The van der Waals surface area contributed by atoms with Gasteiger partial charge in [0.2, 0.25) is 0 Å². The molecule has 0 saturated carbocycles. The highest BCUT2D eigenvalue weighted by Gasteiger charge is 2.26. The molecule has 4 aromatic rings. The van der Waals surface area contributed by atoms with Gasteiger partial charge in [-0.1, -0.05) is 78.9 Å². The standard InChI is InChI=1S/C24H20N2O2/c25-23(19-15-26-20-14-8-7-13-18(19)20)22(24(27)28)21(16-9-3-1-4-10-16)17-11-5-2-6-12-17/h1-15,23,26H,25H2,(H,27,28). The zero-order chi connectivity index (χ0) is 19.5. The average molecular weight is 368 g/mol. The van der Waals surface area contributed by atoms with Gasteiger partial charge in [-0.05, 0) is 22.8 Å². The van der Waals surface area contributed by atoms with E-state index in [1.165, 1.54) is 0 Å². The molecule has 0 saturated heterocycles. The van der Waals surface area contributed by atoms with Gasteiger partial charge in [0.05, 0.1) is 11.6 Å². The van der Waals surface area contributed by atoms with Crippen LogP contribution in [0.25, 0.3) is 16.5 Å². The number of H-pyrrole nitrogens is 1. The van der Waals surface area contributed by atoms with E-state index in [1.807, 2.05) is 84.9 Å². The maximum atomic E-state index is 12.4. The Hall–Kier alpha value is -3.63. The lowest BCUT2D eigenvalue weighted by Crippen LogP contribution is -2.21. The van der Waals surface area contributed by atoms with Crippen molar-refractivity contribution in [2.24, 2.45) is 5.73 Å². The first-order valence-corrected chi connectivity index (χ1v) is 9.06. The third-order valence-electron chi connectivity index (χ3n) is 4.89. The maximum absolute atomic E-state index is 12.4. The molecule has 4 N–H and O–H groups in total. The molecule has 0 bridgehead atoms. The van der Waals surface area contributed by atoms with Gasteiger partial charge in [-0.3, -0.25) is 0 Å². The molecule has 0 fully saturated rings. The van der Waals surface area contributed by atoms with E-state index in [0.717, 1.165) is 27.6 Å². The summed E-state index contributed by atoms with van der Waals surface area (Å²) in [5, 5.41) is 11.1. The van der Waals surface area contributed by atoms with Gasteiger partial charge < -0.3 is 15.8 Å². The van der Waals surface area contributed by atoms with Crippen molar-refractivity contribution in [3.8, 4) is 0 Å². The Labute approximate surface area is 163 Å². The lowest BCUT2D eigenvalue weighted by molar-refractivity contribution is -0.132. The van der Waals surface area contributed by atoms with E-state index in [1.54, 1.807) is 6.20 Å². The quantitative estimate of drug-likeness (QED) is 0.445. The second-order valence-electron chi connectivity index (χ2n) is 6.59. The van der Waals surface area contributed by atoms with Gasteiger partial charge in [-0.2, -0.15) is 0 Å². The van der Waals surface area contributed by atoms with Crippen molar-refractivity contribution < 1.29 is 9.90 Å². The summed E-state index contributed by atoms with van der Waals surface area (Å²) in [6, 6.07) is 26.0. The Morgan fingerprint density at radius 3 is 1.93 bits per heavy atom. The van der Waals surface area contributed by atoms with Crippen LogP contribution in [0.15, 0.2) is 96.7 Å². The molecule has 4 rings (SSSR count). The van der Waals surface area contributed by atoms with Crippen LogP contribution in [-0.4, -0.2) is 16.1 Å². The van der Waals surface area contributed by atoms with Gasteiger partial charge in [-0.25, -0.2) is 4.79 Å². The summed E-state index contributed by atoms with van der Waals surface area (Å²) in [5.74, 6) is -1.03. The largest absolute Gasteiger partial charge is 0.478 e. The zero-order valence-electron chi connectivity index (χ0n) is 15.2. The lowest BCUT2D eigenvalue weighted by atomic mass is 9.87. The first-order chi connectivity index (χ1) is 13.7. The van der Waals surface area contributed by atoms with E-state index < -0.39 is 12.0 Å². The molecule has 0 radical (unpaired) electrons. The molecule has 1 unspecified atom stereocenters. The van der Waals surface area contributed by atoms with Crippen LogP contribution in [0.5, 0.6) is 0 Å². The molecule has 3 aromatic carbocycles. The average Bonchev–Trinajstić information content (AvgIpc) is 3.17. The van der Waals surface area contributed by atoms with Crippen LogP contribution in [0.4, 0.5) is 0 Å². The summed E-state index contributed by atoms with van der Waals surface area (Å²) < 4.78 is 0. The van der Waals surface area contributed by atoms with Crippen LogP contribution in [0, 0.1) is 0 Å². The molecule has 138 valence electrons. The van der Waals surface area contributed by atoms with Gasteiger partial charge in [0.1, 0.15) is 0 Å². The molecule has 28 heavy (non-hydrogen) atoms. The number of nitrogens with two attached hydrogens (primary N) is 1. The molecule has 1 aromatic heterocycles. The van der Waals surface area contributed by atoms with E-state index in [-0.39, 0.29) is 5.57 Å². The summed E-state index contributed by atoms with van der Waals surface area (Å²) in [7, 11) is 0. The number of carbonyl (C=O) groups is 1. The van der Waals surface area contributed by atoms with Crippen molar-refractivity contribution in [3.05, 3.63) is 113 Å². The Kier molecular flexibility index (Phi) is 4.79. The fourth-order valence-corrected chi connectivity index (χ4v) is 3.59. The number of nitrogens with one attached hydrogen (secondary N) is 1. The minimum absolute atomic E-state index is 0.169. The zero-order valence-corrected chi connectivity index (χ0v) is 15.2. The number of hydrogen-bond donors (Lipinski definition) is 3. The van der Waals surface area contributed by atoms with Crippen molar-refractivity contribution in [2.45, 2.75) is 6.04 Å². The highest BCUT2D eigenvalue weighted by molar-refractivity contribution is 6.03. The number of aliphatic carboxylic acids is 1. The summed E-state index contributed by atoms with van der Waals surface area (Å²) in [5.41, 5.74) is 10.7. The van der Waals surface area contributed by atoms with Crippen molar-refractivity contribution in [2.75, 3.05) is 0 Å². The monoisotopic (exact) mass is 368 g/mol. The number of fused-ring (bicyclic) bond motifs is 1. The van der Waals surface area contributed by atoms with Crippen LogP contribution >= 0.6 is 0 Å². The molecular formula is C24H20N2O2. The predicted molar refractivity (Wildman–Crippen MR) is 112 cm³/mol. The summed E-state index contributed by atoms with van der Waals surface area (Å²) in [6.45, 7) is 0. The molecule has 0 aliphatic rings. The lowest BCUT2D eigenvalue weighted by Gasteiger charge is -2.19. The number of para-hydroxylation sites is 1. The predicted octanol–water partition coefficient (Wildman–Crippen LogP) is 4.75. The van der Waals surface area contributed by atoms with Crippen LogP contribution in [0.2, 0.25) is 0 Å². The van der Waals surface area contributed by atoms with Crippen molar-refractivity contribution >= 4 is 22.4 Å². The second kappa shape index (κ2) is 7.55. The fourth-order valence-electron chi connectivity index (χ4n) is 3.59. The normalized spacial score (nSPS) is 11.9. The third-order valence-corrected chi connectivity index (χ3v) is 4.89. The molecule has 0 aliphatic carbocycles. The molecule has 1 atom stereocenters. The number of aromatic nitrogens is 1. The van der Waals surface area contributed by atoms with Crippen molar-refractivity contribution in [1.29, 1.82) is 0 Å². The Bertz CT molecular complexity index is 1100. The minimum atomic E-state index is -1.03. The SMILES string of the molecule is NC(C(C(=O)O)=C(c1ccccc1)c1ccccc1)c1c[nH]c2ccccc12. The van der Waals surface area contributed by atoms with Gasteiger partial charge in [0.15, 0.2) is 0 Å². The first kappa shape index (κ1) is 17.8. The van der Waals surface area contributed by atoms with Gasteiger partial charge in [-0.15, -0.1) is 0 Å². The highest BCUT2D eigenvalue weighted by Crippen LogP contribution is 2.35. The molecule has 4 heteroatoms. The van der Waals surface area contributed by atoms with E-state index in [0.29, 0.717) is 5.57 Å². The number of carboxylic acids is 1. The van der Waals surface area contributed by atoms with E-state index in [4.69, 9.17) is 5.73 Å². The molecule has 1 heterocycles. The molecule has 0 aliphatic heterocycles. The highest BCUT2D eigenvalue weighted by atomic mass is 16.4. The smallest absolute Gasteiger partial charge is 0.334 e. The van der Waals surface area contributed by atoms with Crippen LogP contribution in [0.1, 0.15) is 22.7 Å². The molecular weight excluding hydrogens is 348 g/mol. The number of carboxylic acid groups (broad SMARTS) is 1. The summed E-state index contributed by atoms with van der Waals surface area (Å²) in [4.78, 5) is 15.6. The number of rotatable bonds is 5. The summed E-state index contributed by atoms with van der Waals surface area (Å²) >= 11 is 0. The first-order valence-electron chi connectivity index (χ1n) is 9.06. The maximum Gasteiger partial charge on any atom is 0.334 e. The van der Waals surface area contributed by atoms with E-state index in [9.17, 15) is 9.90 Å². The minimum Gasteiger partial charge on any atom is -0.478 e. The van der Waals surface area contributed by atoms with Gasteiger partial charge >= 0.3 is 5.97 Å². The van der Waals surface area contributed by atoms with Gasteiger partial charge in [0, 0.05) is 22.7 Å². The fraction of sp³-hybridized carbons (Fsp3) is 0.0417. The number of benzene rings is 3. The van der Waals surface area contributed by atoms with Crippen LogP contribution in [0.3, 0.4) is 0 Å². The van der Waals surface area contributed by atoms with Crippen molar-refractivity contribution in [3.63, 3.8) is 0 Å². The summed E-state index contributed by atoms with van der Waals surface area (Å²) in [6.07, 6.45) is 1.80. The van der Waals surface area contributed by atoms with Gasteiger partial charge in [0.25, 0.3) is 0 Å². The number of aromatic amines is 1.